The molecule has 0 saturated heterocycles. The van der Waals surface area contributed by atoms with E-state index in [1.54, 1.807) is 12.1 Å². The minimum absolute atomic E-state index is 0.0320. The minimum atomic E-state index is -0.484. The van der Waals surface area contributed by atoms with Crippen LogP contribution in [0.2, 0.25) is 5.02 Å². The van der Waals surface area contributed by atoms with Crippen molar-refractivity contribution >= 4 is 39.1 Å². The summed E-state index contributed by atoms with van der Waals surface area (Å²) in [6.07, 6.45) is 2.74. The summed E-state index contributed by atoms with van der Waals surface area (Å²) >= 11 is 9.32. The van der Waals surface area contributed by atoms with Crippen molar-refractivity contribution in [2.75, 3.05) is 5.32 Å². The van der Waals surface area contributed by atoms with Gasteiger partial charge in [0, 0.05) is 15.5 Å². The topological polar surface area (TPSA) is 55.1 Å². The molecular weight excluding hydrogens is 316 g/mol. The van der Waals surface area contributed by atoms with E-state index in [2.05, 4.69) is 21.2 Å². The highest BCUT2D eigenvalue weighted by atomic mass is 79.9. The molecule has 0 aromatic heterocycles. The molecule has 0 radical (unpaired) electrons. The zero-order chi connectivity index (χ0) is 13.3. The molecule has 0 spiro atoms. The molecule has 1 aliphatic carbocycles. The fraction of sp³-hybridized carbons (Fsp3) is 0.462. The van der Waals surface area contributed by atoms with Gasteiger partial charge in [-0.05, 0) is 53.9 Å². The van der Waals surface area contributed by atoms with Gasteiger partial charge in [-0.1, -0.05) is 18.0 Å². The normalized spacial score (nSPS) is 27.2. The highest BCUT2D eigenvalue weighted by Gasteiger charge is 2.43. The van der Waals surface area contributed by atoms with E-state index in [1.165, 1.54) is 0 Å². The van der Waals surface area contributed by atoms with Crippen LogP contribution in [0, 0.1) is 5.41 Å². The average molecular weight is 332 g/mol. The minimum Gasteiger partial charge on any atom is -0.327 e. The van der Waals surface area contributed by atoms with E-state index in [0.29, 0.717) is 10.7 Å². The molecule has 0 bridgehead atoms. The Kier molecular flexibility index (Phi) is 3.99. The van der Waals surface area contributed by atoms with Gasteiger partial charge in [0.15, 0.2) is 0 Å². The Labute approximate surface area is 120 Å². The first-order valence-corrected chi connectivity index (χ1v) is 7.12. The lowest BCUT2D eigenvalue weighted by molar-refractivity contribution is -0.125. The number of carbonyl (C=O) groups excluding carboxylic acids is 1. The quantitative estimate of drug-likeness (QED) is 0.870. The number of carbonyl (C=O) groups is 1. The average Bonchev–Trinajstić information content (AvgIpc) is 2.66. The Morgan fingerprint density at radius 1 is 1.61 bits per heavy atom. The van der Waals surface area contributed by atoms with Gasteiger partial charge in [0.1, 0.15) is 0 Å². The maximum atomic E-state index is 12.4. The van der Waals surface area contributed by atoms with Gasteiger partial charge in [0.25, 0.3) is 0 Å². The number of halogens is 2. The predicted molar refractivity (Wildman–Crippen MR) is 77.7 cm³/mol. The monoisotopic (exact) mass is 330 g/mol. The summed E-state index contributed by atoms with van der Waals surface area (Å²) in [7, 11) is 0. The highest BCUT2D eigenvalue weighted by Crippen LogP contribution is 2.38. The standard InChI is InChI=1S/C13H16BrClN2O/c1-13(6-2-3-11(13)16)12(18)17-10-7-8(15)4-5-9(10)14/h4-5,7,11H,2-3,6,16H2,1H3,(H,17,18). The number of benzene rings is 1. The lowest BCUT2D eigenvalue weighted by Gasteiger charge is -2.27. The van der Waals surface area contributed by atoms with Gasteiger partial charge in [0.05, 0.1) is 11.1 Å². The summed E-state index contributed by atoms with van der Waals surface area (Å²) in [6, 6.07) is 5.24. The molecule has 3 nitrogen and oxygen atoms in total. The molecule has 1 fully saturated rings. The summed E-state index contributed by atoms with van der Waals surface area (Å²) in [6.45, 7) is 1.93. The summed E-state index contributed by atoms with van der Waals surface area (Å²) < 4.78 is 0.815. The summed E-state index contributed by atoms with van der Waals surface area (Å²) in [4.78, 5) is 12.4. The zero-order valence-corrected chi connectivity index (χ0v) is 12.5. The van der Waals surface area contributed by atoms with Gasteiger partial charge in [-0.25, -0.2) is 0 Å². The van der Waals surface area contributed by atoms with E-state index < -0.39 is 5.41 Å². The van der Waals surface area contributed by atoms with Gasteiger partial charge in [-0.15, -0.1) is 0 Å². The maximum Gasteiger partial charge on any atom is 0.231 e. The van der Waals surface area contributed by atoms with Crippen LogP contribution in [0.15, 0.2) is 22.7 Å². The molecule has 1 saturated carbocycles. The third-order valence-corrected chi connectivity index (χ3v) is 4.65. The molecule has 2 atom stereocenters. The Bertz CT molecular complexity index is 480. The number of hydrogen-bond acceptors (Lipinski definition) is 2. The molecule has 2 rings (SSSR count). The highest BCUT2D eigenvalue weighted by molar-refractivity contribution is 9.10. The molecule has 1 amide bonds. The van der Waals surface area contributed by atoms with Gasteiger partial charge < -0.3 is 11.1 Å². The van der Waals surface area contributed by atoms with E-state index in [9.17, 15) is 4.79 Å². The third kappa shape index (κ3) is 2.56. The number of anilines is 1. The van der Waals surface area contributed by atoms with Crippen molar-refractivity contribution in [1.82, 2.24) is 0 Å². The van der Waals surface area contributed by atoms with Crippen molar-refractivity contribution in [2.45, 2.75) is 32.2 Å². The lowest BCUT2D eigenvalue weighted by Crippen LogP contribution is -2.44. The summed E-state index contributed by atoms with van der Waals surface area (Å²) in [5, 5.41) is 3.51. The van der Waals surface area contributed by atoms with Crippen LogP contribution < -0.4 is 11.1 Å². The Hall–Kier alpha value is -0.580. The molecule has 2 unspecified atom stereocenters. The second kappa shape index (κ2) is 5.19. The largest absolute Gasteiger partial charge is 0.327 e. The number of rotatable bonds is 2. The van der Waals surface area contributed by atoms with Gasteiger partial charge in [-0.3, -0.25) is 4.79 Å². The van der Waals surface area contributed by atoms with E-state index in [1.807, 2.05) is 13.0 Å². The molecule has 98 valence electrons. The molecule has 3 N–H and O–H groups in total. The van der Waals surface area contributed by atoms with Crippen molar-refractivity contribution < 1.29 is 4.79 Å². The second-order valence-corrected chi connectivity index (χ2v) is 6.29. The van der Waals surface area contributed by atoms with Crippen molar-refractivity contribution in [3.63, 3.8) is 0 Å². The fourth-order valence-corrected chi connectivity index (χ4v) is 2.85. The summed E-state index contributed by atoms with van der Waals surface area (Å²) in [5.41, 5.74) is 6.24. The van der Waals surface area contributed by atoms with Crippen molar-refractivity contribution in [1.29, 1.82) is 0 Å². The lowest BCUT2D eigenvalue weighted by atomic mass is 9.84. The van der Waals surface area contributed by atoms with Crippen molar-refractivity contribution in [3.8, 4) is 0 Å². The third-order valence-electron chi connectivity index (χ3n) is 3.72. The zero-order valence-electron chi connectivity index (χ0n) is 10.2. The number of nitrogens with one attached hydrogen (secondary N) is 1. The van der Waals surface area contributed by atoms with Crippen molar-refractivity contribution in [2.24, 2.45) is 11.1 Å². The number of amides is 1. The van der Waals surface area contributed by atoms with Crippen LogP contribution in [-0.4, -0.2) is 11.9 Å². The first-order valence-electron chi connectivity index (χ1n) is 5.95. The molecule has 0 heterocycles. The van der Waals surface area contributed by atoms with E-state index in [-0.39, 0.29) is 11.9 Å². The molecule has 0 aliphatic heterocycles. The molecule has 1 aromatic rings. The molecule has 5 heteroatoms. The molecule has 1 aliphatic rings. The van der Waals surface area contributed by atoms with Gasteiger partial charge in [-0.2, -0.15) is 0 Å². The molecule has 1 aromatic carbocycles. The van der Waals surface area contributed by atoms with Crippen LogP contribution >= 0.6 is 27.5 Å². The number of nitrogens with two attached hydrogens (primary N) is 1. The van der Waals surface area contributed by atoms with Crippen LogP contribution in [0.25, 0.3) is 0 Å². The van der Waals surface area contributed by atoms with E-state index >= 15 is 0 Å². The molecular formula is C13H16BrClN2O. The van der Waals surface area contributed by atoms with Gasteiger partial charge >= 0.3 is 0 Å². The van der Waals surface area contributed by atoms with Gasteiger partial charge in [0.2, 0.25) is 5.91 Å². The van der Waals surface area contributed by atoms with E-state index in [0.717, 1.165) is 23.7 Å². The van der Waals surface area contributed by atoms with Crippen molar-refractivity contribution in [3.05, 3.63) is 27.7 Å². The van der Waals surface area contributed by atoms with Crippen LogP contribution in [0.4, 0.5) is 5.69 Å². The Morgan fingerprint density at radius 3 is 2.94 bits per heavy atom. The maximum absolute atomic E-state index is 12.4. The second-order valence-electron chi connectivity index (χ2n) is 4.99. The first kappa shape index (κ1) is 13.8. The van der Waals surface area contributed by atoms with E-state index in [4.69, 9.17) is 17.3 Å². The van der Waals surface area contributed by atoms with Crippen LogP contribution in [0.3, 0.4) is 0 Å². The molecule has 18 heavy (non-hydrogen) atoms. The number of hydrogen-bond donors (Lipinski definition) is 2. The Morgan fingerprint density at radius 2 is 2.33 bits per heavy atom. The Balaban J connectivity index is 2.19. The fourth-order valence-electron chi connectivity index (χ4n) is 2.33. The first-order chi connectivity index (χ1) is 8.43. The van der Waals surface area contributed by atoms with Crippen LogP contribution in [0.1, 0.15) is 26.2 Å². The SMILES string of the molecule is CC1(C(=O)Nc2cc(Cl)ccc2Br)CCCC1N. The summed E-state index contributed by atoms with van der Waals surface area (Å²) in [5.74, 6) is -0.0320. The van der Waals surface area contributed by atoms with Crippen LogP contribution in [0.5, 0.6) is 0 Å². The van der Waals surface area contributed by atoms with Crippen LogP contribution in [-0.2, 0) is 4.79 Å². The smallest absolute Gasteiger partial charge is 0.231 e. The predicted octanol–water partition coefficient (Wildman–Crippen LogP) is 3.56.